The minimum absolute atomic E-state index is 0.0718. The van der Waals surface area contributed by atoms with E-state index in [1.54, 1.807) is 49.7 Å². The summed E-state index contributed by atoms with van der Waals surface area (Å²) in [5.41, 5.74) is 1.29. The molecule has 0 atom stereocenters. The largest absolute Gasteiger partial charge is 0.497 e. The zero-order valence-corrected chi connectivity index (χ0v) is 16.5. The average molecular weight is 424 g/mol. The van der Waals surface area contributed by atoms with Crippen molar-refractivity contribution in [2.75, 3.05) is 7.11 Å². The second kappa shape index (κ2) is 8.39. The van der Waals surface area contributed by atoms with Gasteiger partial charge in [-0.05, 0) is 54.1 Å². The Labute approximate surface area is 175 Å². The van der Waals surface area contributed by atoms with Gasteiger partial charge in [-0.2, -0.15) is 0 Å². The summed E-state index contributed by atoms with van der Waals surface area (Å²) in [6.45, 7) is -0.348. The lowest BCUT2D eigenvalue weighted by Gasteiger charge is -2.07. The molecule has 0 saturated carbocycles. The second-order valence-electron chi connectivity index (χ2n) is 6.80. The van der Waals surface area contributed by atoms with E-state index < -0.39 is 23.2 Å². The number of rotatable bonds is 6. The van der Waals surface area contributed by atoms with Gasteiger partial charge in [0, 0.05) is 18.8 Å². The minimum atomic E-state index is -0.728. The molecule has 1 amide bonds. The molecule has 0 spiro atoms. The molecule has 7 nitrogen and oxygen atoms in total. The SMILES string of the molecule is COc1ccc(-n2c(=O)n(CC(=O)NCc3cc(F)cc(F)c3)c3cccnc32)cc1. The molecule has 0 radical (unpaired) electrons. The molecule has 2 heterocycles. The molecule has 4 aromatic rings. The number of pyridine rings is 1. The van der Waals surface area contributed by atoms with Gasteiger partial charge in [-0.15, -0.1) is 0 Å². The highest BCUT2D eigenvalue weighted by Crippen LogP contribution is 2.18. The molecule has 1 N–H and O–H groups in total. The van der Waals surface area contributed by atoms with Crippen LogP contribution < -0.4 is 15.7 Å². The Morgan fingerprint density at radius 1 is 1.10 bits per heavy atom. The van der Waals surface area contributed by atoms with E-state index >= 15 is 0 Å². The topological polar surface area (TPSA) is 78.1 Å². The quantitative estimate of drug-likeness (QED) is 0.516. The van der Waals surface area contributed by atoms with E-state index in [0.717, 1.165) is 18.2 Å². The first-order valence-electron chi connectivity index (χ1n) is 9.38. The number of methoxy groups -OCH3 is 1. The van der Waals surface area contributed by atoms with Gasteiger partial charge >= 0.3 is 5.69 Å². The standard InChI is InChI=1S/C22H18F2N4O3/c1-31-18-6-4-17(5-7-18)28-21-19(3-2-8-25-21)27(22(28)30)13-20(29)26-12-14-9-15(23)11-16(24)10-14/h2-11H,12-13H2,1H3,(H,26,29). The Morgan fingerprint density at radius 3 is 2.48 bits per heavy atom. The van der Waals surface area contributed by atoms with Crippen LogP contribution >= 0.6 is 0 Å². The van der Waals surface area contributed by atoms with Crippen LogP contribution in [0.1, 0.15) is 5.56 Å². The molecule has 0 fully saturated rings. The highest BCUT2D eigenvalue weighted by Gasteiger charge is 2.17. The number of halogens is 2. The first-order chi connectivity index (χ1) is 15.0. The molecule has 0 aliphatic rings. The van der Waals surface area contributed by atoms with Crippen molar-refractivity contribution in [3.05, 3.63) is 88.5 Å². The van der Waals surface area contributed by atoms with Gasteiger partial charge in [0.15, 0.2) is 5.65 Å². The molecule has 2 aromatic heterocycles. The number of nitrogens with one attached hydrogen (secondary N) is 1. The number of hydrogen-bond acceptors (Lipinski definition) is 4. The number of carbonyl (C=O) groups is 1. The Morgan fingerprint density at radius 2 is 1.81 bits per heavy atom. The van der Waals surface area contributed by atoms with Crippen molar-refractivity contribution < 1.29 is 18.3 Å². The van der Waals surface area contributed by atoms with Crippen molar-refractivity contribution >= 4 is 17.1 Å². The zero-order chi connectivity index (χ0) is 22.0. The third kappa shape index (κ3) is 4.16. The number of nitrogens with zero attached hydrogens (tertiary/aromatic N) is 3. The van der Waals surface area contributed by atoms with Crippen molar-refractivity contribution in [1.82, 2.24) is 19.4 Å². The Hall–Kier alpha value is -4.01. The van der Waals surface area contributed by atoms with Gasteiger partial charge in [-0.1, -0.05) is 0 Å². The minimum Gasteiger partial charge on any atom is -0.497 e. The summed E-state index contributed by atoms with van der Waals surface area (Å²) in [7, 11) is 1.55. The molecule has 0 bridgehead atoms. The summed E-state index contributed by atoms with van der Waals surface area (Å²) in [5.74, 6) is -1.30. The maximum absolute atomic E-state index is 13.3. The number of imidazole rings is 1. The van der Waals surface area contributed by atoms with Crippen molar-refractivity contribution in [3.63, 3.8) is 0 Å². The third-order valence-corrected chi connectivity index (χ3v) is 4.74. The number of ether oxygens (including phenoxy) is 1. The van der Waals surface area contributed by atoms with Crippen LogP contribution in [0.25, 0.3) is 16.9 Å². The molecular weight excluding hydrogens is 406 g/mol. The fraction of sp³-hybridized carbons (Fsp3) is 0.136. The Bertz CT molecular complexity index is 1290. The predicted molar refractivity (Wildman–Crippen MR) is 110 cm³/mol. The summed E-state index contributed by atoms with van der Waals surface area (Å²) in [6, 6.07) is 13.3. The number of benzene rings is 2. The van der Waals surface area contributed by atoms with Gasteiger partial charge in [0.05, 0.1) is 18.3 Å². The molecule has 0 aliphatic heterocycles. The molecule has 31 heavy (non-hydrogen) atoms. The first-order valence-corrected chi connectivity index (χ1v) is 9.38. The lowest BCUT2D eigenvalue weighted by molar-refractivity contribution is -0.121. The van der Waals surface area contributed by atoms with Crippen LogP contribution in [-0.4, -0.2) is 27.1 Å². The molecule has 9 heteroatoms. The lowest BCUT2D eigenvalue weighted by Crippen LogP contribution is -2.32. The Balaban J connectivity index is 1.62. The van der Waals surface area contributed by atoms with Crippen molar-refractivity contribution in [3.8, 4) is 11.4 Å². The second-order valence-corrected chi connectivity index (χ2v) is 6.80. The summed E-state index contributed by atoms with van der Waals surface area (Å²) >= 11 is 0. The van der Waals surface area contributed by atoms with E-state index in [2.05, 4.69) is 10.3 Å². The first kappa shape index (κ1) is 20.3. The number of amides is 1. The fourth-order valence-corrected chi connectivity index (χ4v) is 3.32. The van der Waals surface area contributed by atoms with Crippen molar-refractivity contribution in [2.45, 2.75) is 13.1 Å². The number of hydrogen-bond donors (Lipinski definition) is 1. The normalized spacial score (nSPS) is 10.9. The molecule has 0 aliphatic carbocycles. The monoisotopic (exact) mass is 424 g/mol. The van der Waals surface area contributed by atoms with Gasteiger partial charge in [0.1, 0.15) is 23.9 Å². The average Bonchev–Trinajstić information content (AvgIpc) is 3.03. The molecule has 4 rings (SSSR count). The fourth-order valence-electron chi connectivity index (χ4n) is 3.32. The van der Waals surface area contributed by atoms with Crippen molar-refractivity contribution in [1.29, 1.82) is 0 Å². The highest BCUT2D eigenvalue weighted by atomic mass is 19.1. The van der Waals surface area contributed by atoms with E-state index in [4.69, 9.17) is 4.74 Å². The molecule has 0 unspecified atom stereocenters. The zero-order valence-electron chi connectivity index (χ0n) is 16.5. The van der Waals surface area contributed by atoms with E-state index in [1.165, 1.54) is 9.13 Å². The van der Waals surface area contributed by atoms with Crippen LogP contribution in [0.15, 0.2) is 65.6 Å². The molecular formula is C22H18F2N4O3. The van der Waals surface area contributed by atoms with Crippen LogP contribution in [0.3, 0.4) is 0 Å². The van der Waals surface area contributed by atoms with Crippen LogP contribution in [-0.2, 0) is 17.9 Å². The van der Waals surface area contributed by atoms with Gasteiger partial charge in [-0.3, -0.25) is 9.36 Å². The smallest absolute Gasteiger partial charge is 0.335 e. The van der Waals surface area contributed by atoms with Crippen LogP contribution in [0, 0.1) is 11.6 Å². The van der Waals surface area contributed by atoms with Gasteiger partial charge in [0.2, 0.25) is 5.91 Å². The van der Waals surface area contributed by atoms with Gasteiger partial charge in [-0.25, -0.2) is 23.1 Å². The maximum atomic E-state index is 13.3. The highest BCUT2D eigenvalue weighted by molar-refractivity contribution is 5.80. The van der Waals surface area contributed by atoms with E-state index in [-0.39, 0.29) is 18.7 Å². The van der Waals surface area contributed by atoms with E-state index in [1.807, 2.05) is 0 Å². The molecule has 158 valence electrons. The van der Waals surface area contributed by atoms with Crippen LogP contribution in [0.4, 0.5) is 8.78 Å². The van der Waals surface area contributed by atoms with E-state index in [9.17, 15) is 18.4 Å². The van der Waals surface area contributed by atoms with Gasteiger partial charge < -0.3 is 10.1 Å². The van der Waals surface area contributed by atoms with Crippen molar-refractivity contribution in [2.24, 2.45) is 0 Å². The molecule has 2 aromatic carbocycles. The van der Waals surface area contributed by atoms with Crippen LogP contribution in [0.2, 0.25) is 0 Å². The van der Waals surface area contributed by atoms with Gasteiger partial charge in [0.25, 0.3) is 0 Å². The number of aromatic nitrogens is 3. The Kier molecular flexibility index (Phi) is 5.48. The summed E-state index contributed by atoms with van der Waals surface area (Å²) in [6.07, 6.45) is 1.56. The third-order valence-electron chi connectivity index (χ3n) is 4.74. The van der Waals surface area contributed by atoms with E-state index in [0.29, 0.717) is 22.6 Å². The van der Waals surface area contributed by atoms with Crippen LogP contribution in [0.5, 0.6) is 5.75 Å². The maximum Gasteiger partial charge on any atom is 0.335 e. The summed E-state index contributed by atoms with van der Waals surface area (Å²) in [4.78, 5) is 29.9. The number of fused-ring (bicyclic) bond motifs is 1. The summed E-state index contributed by atoms with van der Waals surface area (Å²) < 4.78 is 34.5. The number of carbonyl (C=O) groups excluding carboxylic acids is 1. The lowest BCUT2D eigenvalue weighted by atomic mass is 10.2. The predicted octanol–water partition coefficient (Wildman–Crippen LogP) is 2.79. The summed E-state index contributed by atoms with van der Waals surface area (Å²) in [5, 5.41) is 2.58. The molecule has 0 saturated heterocycles.